The van der Waals surface area contributed by atoms with Crippen molar-refractivity contribution in [2.45, 2.75) is 11.8 Å². The monoisotopic (exact) mass is 334 g/mol. The van der Waals surface area contributed by atoms with Crippen molar-refractivity contribution >= 4 is 48.5 Å². The summed E-state index contributed by atoms with van der Waals surface area (Å²) in [5, 5.41) is 35.0. The van der Waals surface area contributed by atoms with Gasteiger partial charge in [-0.1, -0.05) is 5.04 Å². The molecule has 11 heteroatoms. The average Bonchev–Trinajstić information content (AvgIpc) is 2.58. The molecule has 3 N–H and O–H groups in total. The zero-order valence-corrected chi connectivity index (χ0v) is 12.8. The second-order valence-corrected chi connectivity index (χ2v) is 5.05. The summed E-state index contributed by atoms with van der Waals surface area (Å²) in [6, 6.07) is 4.92. The second-order valence-electron chi connectivity index (χ2n) is 4.31. The molecule has 0 fully saturated rings. The third-order valence-electron chi connectivity index (χ3n) is 3.07. The number of fused-ring (bicyclic) bond motifs is 1. The molecule has 2 rings (SSSR count). The highest BCUT2D eigenvalue weighted by atomic mass is 32.2. The van der Waals surface area contributed by atoms with E-state index in [4.69, 9.17) is 6.67 Å². The molecular formula is C12H12BN5O4S. The molecule has 0 spiro atoms. The van der Waals surface area contributed by atoms with E-state index in [9.17, 15) is 5.11 Å². The quantitative estimate of drug-likeness (QED) is 0.176. The van der Waals surface area contributed by atoms with Gasteiger partial charge in [0.1, 0.15) is 5.69 Å². The molecule has 2 aromatic carbocycles. The van der Waals surface area contributed by atoms with Crippen LogP contribution < -0.4 is 0 Å². The smallest absolute Gasteiger partial charge is 0.420 e. The number of phenols is 1. The predicted molar refractivity (Wildman–Crippen MR) is 87.0 cm³/mol. The number of aromatic hydroxyl groups is 1. The Morgan fingerprint density at radius 1 is 1.43 bits per heavy atom. The third kappa shape index (κ3) is 3.53. The molecule has 2 aromatic rings. The van der Waals surface area contributed by atoms with E-state index in [1.165, 1.54) is 0 Å². The predicted octanol–water partition coefficient (Wildman–Crippen LogP) is 4.00. The molecule has 0 bridgehead atoms. The SMILES string of the molecule is [2H]/N=N/c1ccc2c(O)c(N=NBN=C)c(SOOO)cc2c1C. The zero-order valence-electron chi connectivity index (χ0n) is 13.0. The van der Waals surface area contributed by atoms with Crippen molar-refractivity contribution in [1.82, 2.24) is 0 Å². The molecule has 0 saturated heterocycles. The van der Waals surface area contributed by atoms with Crippen molar-refractivity contribution in [3.63, 3.8) is 0 Å². The molecule has 0 amide bonds. The van der Waals surface area contributed by atoms with Crippen molar-refractivity contribution in [3.8, 4) is 5.75 Å². The molecule has 0 saturated carbocycles. The lowest BCUT2D eigenvalue weighted by Crippen LogP contribution is -1.86. The van der Waals surface area contributed by atoms with Gasteiger partial charge >= 0.3 is 7.55 Å². The van der Waals surface area contributed by atoms with E-state index >= 15 is 0 Å². The summed E-state index contributed by atoms with van der Waals surface area (Å²) in [7, 11) is 0.0286. The Bertz CT molecular complexity index is 820. The van der Waals surface area contributed by atoms with Gasteiger partial charge in [0.25, 0.3) is 0 Å². The fraction of sp³-hybridized carbons (Fsp3) is 0.0833. The summed E-state index contributed by atoms with van der Waals surface area (Å²) in [6.07, 6.45) is 0. The van der Waals surface area contributed by atoms with Gasteiger partial charge in [-0.3, -0.25) is 0 Å². The Morgan fingerprint density at radius 3 is 2.96 bits per heavy atom. The van der Waals surface area contributed by atoms with Gasteiger partial charge in [-0.05, 0) is 42.8 Å². The summed E-state index contributed by atoms with van der Waals surface area (Å²) < 4.78 is 11.3. The Balaban J connectivity index is 2.68. The molecule has 0 aliphatic heterocycles. The maximum absolute atomic E-state index is 10.5. The first kappa shape index (κ1) is 15.6. The Kier molecular flexibility index (Phi) is 5.27. The number of rotatable bonds is 7. The molecule has 0 aliphatic carbocycles. The molecule has 0 aromatic heterocycles. The van der Waals surface area contributed by atoms with Gasteiger partial charge in [0.05, 0.1) is 22.6 Å². The fourth-order valence-corrected chi connectivity index (χ4v) is 2.51. The number of benzene rings is 2. The topological polar surface area (TPSA) is 132 Å². The van der Waals surface area contributed by atoms with Crippen LogP contribution >= 0.6 is 12.0 Å². The number of nitrogens with zero attached hydrogens (tertiary/aromatic N) is 4. The van der Waals surface area contributed by atoms with Crippen LogP contribution in [-0.2, 0) is 9.37 Å². The van der Waals surface area contributed by atoms with Crippen LogP contribution in [0.25, 0.3) is 10.8 Å². The van der Waals surface area contributed by atoms with E-state index in [0.29, 0.717) is 39.0 Å². The number of aryl methyl sites for hydroxylation is 1. The van der Waals surface area contributed by atoms with Crippen molar-refractivity contribution < 1.29 is 21.1 Å². The van der Waals surface area contributed by atoms with Gasteiger partial charge in [-0.15, -0.1) is 4.33 Å². The average molecular weight is 334 g/mol. The summed E-state index contributed by atoms with van der Waals surface area (Å²) in [6.45, 7) is 5.06. The van der Waals surface area contributed by atoms with E-state index in [-0.39, 0.29) is 19.0 Å². The maximum Gasteiger partial charge on any atom is 0.420 e. The largest absolute Gasteiger partial charge is 0.505 e. The van der Waals surface area contributed by atoms with E-state index < -0.39 is 0 Å². The number of nitrogens with one attached hydrogen (secondary N) is 1. The standard InChI is InChI=1S/C12H12BN5O4S/c1-6-8-5-10(23-22-21-20)11(17-18-13-15-2)12(19)7(8)3-4-9(6)16-14/h3-5,13-14,19-20H,2H2,1H3/b16-14+,18-17?/i/hD. The molecule has 0 heterocycles. The number of phenolic OH excluding ortho intramolecular Hbond substituents is 1. The van der Waals surface area contributed by atoms with E-state index in [0.717, 1.165) is 0 Å². The van der Waals surface area contributed by atoms with Crippen molar-refractivity contribution in [1.29, 1.82) is 5.52 Å². The molecule has 0 atom stereocenters. The van der Waals surface area contributed by atoms with Crippen LogP contribution in [0.4, 0.5) is 11.4 Å². The lowest BCUT2D eigenvalue weighted by molar-refractivity contribution is -0.432. The highest BCUT2D eigenvalue weighted by Gasteiger charge is 2.17. The molecule has 9 nitrogen and oxygen atoms in total. The summed E-state index contributed by atoms with van der Waals surface area (Å²) in [4.78, 5) is 3.88. The van der Waals surface area contributed by atoms with Crippen molar-refractivity contribution in [2.24, 2.45) is 20.2 Å². The van der Waals surface area contributed by atoms with Gasteiger partial charge in [-0.2, -0.15) is 10.2 Å². The Morgan fingerprint density at radius 2 is 2.26 bits per heavy atom. The first-order valence-electron chi connectivity index (χ1n) is 6.67. The van der Waals surface area contributed by atoms with E-state index in [1.54, 1.807) is 25.1 Å². The maximum atomic E-state index is 10.5. The van der Waals surface area contributed by atoms with Gasteiger partial charge in [0.2, 0.25) is 1.41 Å². The van der Waals surface area contributed by atoms with Crippen LogP contribution in [-0.4, -0.2) is 24.6 Å². The first-order valence-corrected chi connectivity index (χ1v) is 6.97. The van der Waals surface area contributed by atoms with Gasteiger partial charge in [-0.25, -0.2) is 15.8 Å². The van der Waals surface area contributed by atoms with Crippen molar-refractivity contribution in [3.05, 3.63) is 23.8 Å². The van der Waals surface area contributed by atoms with Crippen LogP contribution in [0.15, 0.2) is 43.3 Å². The van der Waals surface area contributed by atoms with Gasteiger partial charge < -0.3 is 10.0 Å². The van der Waals surface area contributed by atoms with Crippen LogP contribution in [0.3, 0.4) is 0 Å². The molecule has 0 radical (unpaired) electrons. The Labute approximate surface area is 137 Å². The lowest BCUT2D eigenvalue weighted by Gasteiger charge is -2.11. The molecule has 23 heavy (non-hydrogen) atoms. The Hall–Kier alpha value is -2.34. The van der Waals surface area contributed by atoms with Crippen molar-refractivity contribution in [2.75, 3.05) is 0 Å². The summed E-state index contributed by atoms with van der Waals surface area (Å²) in [5.74, 6) is -0.137. The zero-order chi connectivity index (χ0) is 17.5. The van der Waals surface area contributed by atoms with Gasteiger partial charge in [0.15, 0.2) is 5.75 Å². The lowest BCUT2D eigenvalue weighted by atomic mass is 10.0. The fourth-order valence-electron chi connectivity index (χ4n) is 2.02. The highest BCUT2D eigenvalue weighted by molar-refractivity contribution is 7.94. The third-order valence-corrected chi connectivity index (χ3v) is 3.69. The highest BCUT2D eigenvalue weighted by Crippen LogP contribution is 2.45. The van der Waals surface area contributed by atoms with Crippen LogP contribution in [0.5, 0.6) is 5.75 Å². The molecule has 0 aliphatic rings. The normalized spacial score (nSPS) is 12.2. The minimum absolute atomic E-state index is 0.0286. The molecular weight excluding hydrogens is 321 g/mol. The van der Waals surface area contributed by atoms with Gasteiger partial charge in [0, 0.05) is 5.39 Å². The van der Waals surface area contributed by atoms with E-state index in [2.05, 4.69) is 41.8 Å². The number of hydrogen-bond donors (Lipinski definition) is 3. The minimum Gasteiger partial charge on any atom is -0.505 e. The number of hydrogen-bond acceptors (Lipinski definition) is 10. The summed E-state index contributed by atoms with van der Waals surface area (Å²) in [5.41, 5.74) is 4.32. The van der Waals surface area contributed by atoms with Crippen LogP contribution in [0, 0.1) is 12.4 Å². The molecule has 0 unspecified atom stereocenters. The molecule has 118 valence electrons. The second kappa shape index (κ2) is 7.79. The first-order chi connectivity index (χ1) is 11.6. The van der Waals surface area contributed by atoms with E-state index in [1.807, 2.05) is 0 Å². The van der Waals surface area contributed by atoms with Crippen LogP contribution in [0.2, 0.25) is 1.41 Å². The summed E-state index contributed by atoms with van der Waals surface area (Å²) >= 11 is 0.639. The van der Waals surface area contributed by atoms with Crippen LogP contribution in [0.1, 0.15) is 5.56 Å². The minimum atomic E-state index is -0.137.